The normalized spacial score (nSPS) is 11.0. The summed E-state index contributed by atoms with van der Waals surface area (Å²) in [5, 5.41) is 3.37. The van der Waals surface area contributed by atoms with Gasteiger partial charge in [-0.1, -0.05) is 23.8 Å². The van der Waals surface area contributed by atoms with E-state index in [9.17, 15) is 0 Å². The van der Waals surface area contributed by atoms with E-state index in [2.05, 4.69) is 34.3 Å². The quantitative estimate of drug-likeness (QED) is 0.451. The minimum absolute atomic E-state index is 0.630. The zero-order valence-electron chi connectivity index (χ0n) is 15.9. The maximum atomic E-state index is 5.92. The summed E-state index contributed by atoms with van der Waals surface area (Å²) in [5.41, 5.74) is 4.80. The van der Waals surface area contributed by atoms with Crippen LogP contribution >= 0.6 is 0 Å². The molecule has 0 spiro atoms. The second-order valence-electron chi connectivity index (χ2n) is 6.71. The zero-order valence-corrected chi connectivity index (χ0v) is 15.9. The van der Waals surface area contributed by atoms with Gasteiger partial charge in [-0.05, 0) is 56.3 Å². The molecule has 0 aliphatic carbocycles. The van der Waals surface area contributed by atoms with Crippen LogP contribution in [-0.4, -0.2) is 23.1 Å². The molecule has 5 heteroatoms. The summed E-state index contributed by atoms with van der Waals surface area (Å²) in [4.78, 5) is 8.86. The molecule has 2 aromatic heterocycles. The lowest BCUT2D eigenvalue weighted by Gasteiger charge is -2.07. The van der Waals surface area contributed by atoms with E-state index in [1.807, 2.05) is 54.7 Å². The van der Waals surface area contributed by atoms with Gasteiger partial charge in [0.25, 0.3) is 0 Å². The van der Waals surface area contributed by atoms with Crippen LogP contribution in [0.3, 0.4) is 0 Å². The molecule has 0 fully saturated rings. The molecule has 0 saturated heterocycles. The third kappa shape index (κ3) is 4.56. The van der Waals surface area contributed by atoms with Crippen LogP contribution in [0.2, 0.25) is 0 Å². The molecule has 0 bridgehead atoms. The molecule has 5 nitrogen and oxygen atoms in total. The number of benzene rings is 2. The van der Waals surface area contributed by atoms with Crippen LogP contribution in [0, 0.1) is 6.92 Å². The van der Waals surface area contributed by atoms with Gasteiger partial charge < -0.3 is 14.5 Å². The third-order valence-electron chi connectivity index (χ3n) is 4.46. The summed E-state index contributed by atoms with van der Waals surface area (Å²) < 4.78 is 11.8. The van der Waals surface area contributed by atoms with Crippen molar-refractivity contribution >= 4 is 11.1 Å². The van der Waals surface area contributed by atoms with Crippen molar-refractivity contribution in [3.8, 4) is 17.2 Å². The van der Waals surface area contributed by atoms with Gasteiger partial charge in [-0.3, -0.25) is 4.98 Å². The lowest BCUT2D eigenvalue weighted by Crippen LogP contribution is -2.17. The van der Waals surface area contributed by atoms with Crippen molar-refractivity contribution in [2.24, 2.45) is 0 Å². The highest BCUT2D eigenvalue weighted by Gasteiger charge is 2.09. The van der Waals surface area contributed by atoms with E-state index in [-0.39, 0.29) is 0 Å². The topological polar surface area (TPSA) is 60.2 Å². The van der Waals surface area contributed by atoms with Gasteiger partial charge in [0.05, 0.1) is 12.3 Å². The fourth-order valence-corrected chi connectivity index (χ4v) is 2.92. The van der Waals surface area contributed by atoms with Gasteiger partial charge in [0.15, 0.2) is 5.58 Å². The molecule has 0 radical (unpaired) electrons. The maximum absolute atomic E-state index is 5.92. The van der Waals surface area contributed by atoms with Crippen LogP contribution in [0.25, 0.3) is 22.6 Å². The molecule has 0 amide bonds. The lowest BCUT2D eigenvalue weighted by molar-refractivity contribution is 0.308. The third-order valence-corrected chi connectivity index (χ3v) is 4.46. The Morgan fingerprint density at radius 1 is 1.04 bits per heavy atom. The summed E-state index contributed by atoms with van der Waals surface area (Å²) >= 11 is 0. The molecule has 1 N–H and O–H groups in total. The highest BCUT2D eigenvalue weighted by molar-refractivity contribution is 5.77. The molecule has 2 heterocycles. The van der Waals surface area contributed by atoms with Gasteiger partial charge in [-0.15, -0.1) is 0 Å². The Morgan fingerprint density at radius 3 is 2.75 bits per heavy atom. The fourth-order valence-electron chi connectivity index (χ4n) is 2.92. The SMILES string of the molecule is Cc1ccc(-c2nc3ccc(OCCCNCc4ccccn4)cc3o2)cc1. The molecule has 4 aromatic rings. The first-order chi connectivity index (χ1) is 13.8. The first kappa shape index (κ1) is 18.2. The zero-order chi connectivity index (χ0) is 19.2. The van der Waals surface area contributed by atoms with E-state index < -0.39 is 0 Å². The average molecular weight is 373 g/mol. The minimum atomic E-state index is 0.630. The Bertz CT molecular complexity index is 1030. The van der Waals surface area contributed by atoms with E-state index in [1.54, 1.807) is 0 Å². The molecule has 142 valence electrons. The van der Waals surface area contributed by atoms with Crippen LogP contribution in [0.1, 0.15) is 17.7 Å². The first-order valence-electron chi connectivity index (χ1n) is 9.49. The number of rotatable bonds is 8. The largest absolute Gasteiger partial charge is 0.493 e. The number of oxazole rings is 1. The molecule has 4 rings (SSSR count). The van der Waals surface area contributed by atoms with Crippen LogP contribution in [0.15, 0.2) is 71.3 Å². The monoisotopic (exact) mass is 373 g/mol. The predicted molar refractivity (Wildman–Crippen MR) is 110 cm³/mol. The number of aryl methyl sites for hydroxylation is 1. The molecule has 0 aliphatic rings. The molecular formula is C23H23N3O2. The van der Waals surface area contributed by atoms with Gasteiger partial charge >= 0.3 is 0 Å². The van der Waals surface area contributed by atoms with Crippen molar-refractivity contribution in [3.63, 3.8) is 0 Å². The molecule has 0 unspecified atom stereocenters. The van der Waals surface area contributed by atoms with E-state index in [4.69, 9.17) is 9.15 Å². The number of ether oxygens (including phenoxy) is 1. The number of hydrogen-bond donors (Lipinski definition) is 1. The number of nitrogens with zero attached hydrogens (tertiary/aromatic N) is 2. The van der Waals surface area contributed by atoms with Crippen molar-refractivity contribution in [1.29, 1.82) is 0 Å². The lowest BCUT2D eigenvalue weighted by atomic mass is 10.1. The molecular weight excluding hydrogens is 350 g/mol. The number of hydrogen-bond acceptors (Lipinski definition) is 5. The Kier molecular flexibility index (Phi) is 5.64. The van der Waals surface area contributed by atoms with Gasteiger partial charge in [-0.2, -0.15) is 0 Å². The van der Waals surface area contributed by atoms with Crippen LogP contribution < -0.4 is 10.1 Å². The standard InChI is InChI=1S/C23H23N3O2/c1-17-6-8-18(9-7-17)23-26-21-11-10-20(15-22(21)28-23)27-14-4-12-24-16-19-5-2-3-13-25-19/h2-3,5-11,13,15,24H,4,12,14,16H2,1H3. The second kappa shape index (κ2) is 8.67. The van der Waals surface area contributed by atoms with E-state index in [1.165, 1.54) is 5.56 Å². The predicted octanol–water partition coefficient (Wildman–Crippen LogP) is 4.76. The summed E-state index contributed by atoms with van der Waals surface area (Å²) in [6.07, 6.45) is 2.72. The van der Waals surface area contributed by atoms with E-state index >= 15 is 0 Å². The molecule has 28 heavy (non-hydrogen) atoms. The van der Waals surface area contributed by atoms with Gasteiger partial charge in [-0.25, -0.2) is 4.98 Å². The Labute approximate surface area is 164 Å². The molecule has 0 atom stereocenters. The van der Waals surface area contributed by atoms with Crippen molar-refractivity contribution in [2.75, 3.05) is 13.2 Å². The Morgan fingerprint density at radius 2 is 1.93 bits per heavy atom. The number of nitrogens with one attached hydrogen (secondary N) is 1. The highest BCUT2D eigenvalue weighted by atomic mass is 16.5. The molecule has 0 saturated carbocycles. The highest BCUT2D eigenvalue weighted by Crippen LogP contribution is 2.27. The van der Waals surface area contributed by atoms with Crippen molar-refractivity contribution in [2.45, 2.75) is 19.9 Å². The number of aromatic nitrogens is 2. The van der Waals surface area contributed by atoms with Crippen molar-refractivity contribution in [1.82, 2.24) is 15.3 Å². The molecule has 0 aliphatic heterocycles. The summed E-state index contributed by atoms with van der Waals surface area (Å²) in [6.45, 7) is 4.35. The van der Waals surface area contributed by atoms with Crippen molar-refractivity contribution in [3.05, 3.63) is 78.1 Å². The number of pyridine rings is 1. The fraction of sp³-hybridized carbons (Fsp3) is 0.217. The summed E-state index contributed by atoms with van der Waals surface area (Å²) in [6, 6.07) is 19.9. The van der Waals surface area contributed by atoms with Crippen LogP contribution in [0.5, 0.6) is 5.75 Å². The maximum Gasteiger partial charge on any atom is 0.227 e. The van der Waals surface area contributed by atoms with Gasteiger partial charge in [0.2, 0.25) is 5.89 Å². The van der Waals surface area contributed by atoms with Crippen LogP contribution in [0.4, 0.5) is 0 Å². The smallest absolute Gasteiger partial charge is 0.227 e. The van der Waals surface area contributed by atoms with Crippen LogP contribution in [-0.2, 0) is 6.54 Å². The Balaban J connectivity index is 1.29. The van der Waals surface area contributed by atoms with Gasteiger partial charge in [0, 0.05) is 24.4 Å². The molecule has 2 aromatic carbocycles. The Hall–Kier alpha value is -3.18. The van der Waals surface area contributed by atoms with E-state index in [0.717, 1.165) is 47.6 Å². The summed E-state index contributed by atoms with van der Waals surface area (Å²) in [7, 11) is 0. The van der Waals surface area contributed by atoms with Crippen molar-refractivity contribution < 1.29 is 9.15 Å². The first-order valence-corrected chi connectivity index (χ1v) is 9.49. The average Bonchev–Trinajstić information content (AvgIpc) is 3.15. The van der Waals surface area contributed by atoms with E-state index in [0.29, 0.717) is 12.5 Å². The second-order valence-corrected chi connectivity index (χ2v) is 6.71. The minimum Gasteiger partial charge on any atom is -0.493 e. The van der Waals surface area contributed by atoms with Gasteiger partial charge in [0.1, 0.15) is 11.3 Å². The summed E-state index contributed by atoms with van der Waals surface area (Å²) in [5.74, 6) is 1.43. The number of fused-ring (bicyclic) bond motifs is 1.